The molecule has 8 nitrogen and oxygen atoms in total. The molecule has 2 aliphatic rings. The predicted octanol–water partition coefficient (Wildman–Crippen LogP) is 3.27. The number of carbonyl (C=O) groups excluding carboxylic acids is 1. The number of fused-ring (bicyclic) bond motifs is 1. The molecule has 34 heavy (non-hydrogen) atoms. The molecule has 5 rings (SSSR count). The first-order valence-electron chi connectivity index (χ1n) is 11.6. The van der Waals surface area contributed by atoms with Crippen molar-refractivity contribution in [2.24, 2.45) is 0 Å². The normalized spacial score (nSPS) is 20.2. The Bertz CT molecular complexity index is 1190. The number of hydrogen-bond donors (Lipinski definition) is 0. The number of sulfonamides is 1. The van der Waals surface area contributed by atoms with Gasteiger partial charge in [0, 0.05) is 32.7 Å². The molecule has 4 heterocycles. The van der Waals surface area contributed by atoms with Gasteiger partial charge in [-0.25, -0.2) is 13.4 Å². The minimum Gasteiger partial charge on any atom is -0.379 e. The predicted molar refractivity (Wildman–Crippen MR) is 135 cm³/mol. The van der Waals surface area contributed by atoms with Crippen LogP contribution in [-0.4, -0.2) is 80.5 Å². The number of aromatic nitrogens is 1. The van der Waals surface area contributed by atoms with Crippen LogP contribution in [0, 0.1) is 0 Å². The highest BCUT2D eigenvalue weighted by molar-refractivity contribution is 7.91. The van der Waals surface area contributed by atoms with Crippen LogP contribution in [-0.2, 0) is 19.6 Å². The maximum Gasteiger partial charge on any atom is 0.253 e. The lowest BCUT2D eigenvalue weighted by molar-refractivity contribution is -0.121. The second-order valence-corrected chi connectivity index (χ2v) is 12.5. The van der Waals surface area contributed by atoms with Crippen LogP contribution in [0.2, 0.25) is 0 Å². The number of thiazole rings is 1. The van der Waals surface area contributed by atoms with Crippen LogP contribution in [0.1, 0.15) is 19.3 Å². The summed E-state index contributed by atoms with van der Waals surface area (Å²) < 4.78 is 34.7. The van der Waals surface area contributed by atoms with Crippen LogP contribution in [0.4, 0.5) is 5.13 Å². The fourth-order valence-electron chi connectivity index (χ4n) is 4.53. The van der Waals surface area contributed by atoms with Crippen molar-refractivity contribution < 1.29 is 17.9 Å². The summed E-state index contributed by atoms with van der Waals surface area (Å²) in [5.41, 5.74) is 0.850. The van der Waals surface area contributed by atoms with Crippen LogP contribution in [0.5, 0.6) is 0 Å². The number of benzene rings is 1. The van der Waals surface area contributed by atoms with E-state index in [2.05, 4.69) is 4.90 Å². The third kappa shape index (κ3) is 4.91. The second-order valence-electron chi connectivity index (χ2n) is 8.47. The Kier molecular flexibility index (Phi) is 7.28. The fraction of sp³-hybridized carbons (Fsp3) is 0.478. The summed E-state index contributed by atoms with van der Waals surface area (Å²) in [5, 5.41) is 2.38. The van der Waals surface area contributed by atoms with Gasteiger partial charge in [0.05, 0.1) is 23.4 Å². The molecule has 0 radical (unpaired) electrons. The van der Waals surface area contributed by atoms with E-state index in [-0.39, 0.29) is 10.1 Å². The van der Waals surface area contributed by atoms with Gasteiger partial charge in [0.25, 0.3) is 10.0 Å². The zero-order valence-electron chi connectivity index (χ0n) is 18.8. The van der Waals surface area contributed by atoms with E-state index in [1.807, 2.05) is 24.3 Å². The van der Waals surface area contributed by atoms with Crippen LogP contribution >= 0.6 is 22.7 Å². The Morgan fingerprint density at radius 1 is 1.15 bits per heavy atom. The lowest BCUT2D eigenvalue weighted by atomic mass is 10.2. The topological polar surface area (TPSA) is 83.1 Å². The van der Waals surface area contributed by atoms with E-state index in [1.54, 1.807) is 22.4 Å². The molecule has 2 saturated heterocycles. The number of nitrogens with zero attached hydrogens (tertiary/aromatic N) is 4. The monoisotopic (exact) mass is 520 g/mol. The molecule has 1 unspecified atom stereocenters. The molecule has 3 aromatic rings. The summed E-state index contributed by atoms with van der Waals surface area (Å²) in [4.78, 5) is 22.7. The first-order chi connectivity index (χ1) is 16.5. The van der Waals surface area contributed by atoms with Crippen molar-refractivity contribution in [1.29, 1.82) is 0 Å². The van der Waals surface area contributed by atoms with E-state index < -0.39 is 16.1 Å². The van der Waals surface area contributed by atoms with Crippen LogP contribution in [0.3, 0.4) is 0 Å². The van der Waals surface area contributed by atoms with Gasteiger partial charge >= 0.3 is 0 Å². The third-order valence-corrected chi connectivity index (χ3v) is 10.6. The molecule has 0 spiro atoms. The van der Waals surface area contributed by atoms with E-state index in [0.717, 1.165) is 49.5 Å². The molecule has 2 aliphatic heterocycles. The first-order valence-corrected chi connectivity index (χ1v) is 14.7. The maximum atomic E-state index is 13.9. The molecule has 2 aromatic heterocycles. The van der Waals surface area contributed by atoms with Crippen molar-refractivity contribution in [2.45, 2.75) is 29.5 Å². The van der Waals surface area contributed by atoms with Gasteiger partial charge in [-0.05, 0) is 42.8 Å². The Morgan fingerprint density at radius 2 is 1.97 bits per heavy atom. The molecular formula is C23H28N4O4S3. The zero-order chi connectivity index (χ0) is 23.5. The van der Waals surface area contributed by atoms with E-state index in [0.29, 0.717) is 31.1 Å². The maximum absolute atomic E-state index is 13.9. The highest BCUT2D eigenvalue weighted by Crippen LogP contribution is 2.33. The molecule has 1 aromatic carbocycles. The standard InChI is InChI=1S/C23H28N4O4S3/c28-22(19-7-3-12-27(19)34(29,30)21-9-4-17-32-21)26(11-5-10-25-13-15-31-16-14-25)23-24-18-6-1-2-8-20(18)33-23/h1-2,4,6,8-9,17,19H,3,5,7,10-16H2. The quantitative estimate of drug-likeness (QED) is 0.453. The number of amides is 1. The number of anilines is 1. The molecule has 1 amide bonds. The van der Waals surface area contributed by atoms with Crippen molar-refractivity contribution in [1.82, 2.24) is 14.2 Å². The summed E-state index contributed by atoms with van der Waals surface area (Å²) in [6.07, 6.45) is 1.98. The van der Waals surface area contributed by atoms with Crippen LogP contribution < -0.4 is 4.90 Å². The van der Waals surface area contributed by atoms with Gasteiger partial charge in [-0.15, -0.1) is 11.3 Å². The van der Waals surface area contributed by atoms with Gasteiger partial charge in [-0.3, -0.25) is 14.6 Å². The van der Waals surface area contributed by atoms with Gasteiger partial charge in [0.2, 0.25) is 5.91 Å². The SMILES string of the molecule is O=C(C1CCCN1S(=O)(=O)c1cccs1)N(CCCN1CCOCC1)c1nc2ccccc2s1. The summed E-state index contributed by atoms with van der Waals surface area (Å²) in [6.45, 7) is 4.97. The average molecular weight is 521 g/mol. The van der Waals surface area contributed by atoms with E-state index in [1.165, 1.54) is 27.0 Å². The number of ether oxygens (including phenoxy) is 1. The number of morpholine rings is 1. The first kappa shape index (κ1) is 23.8. The van der Waals surface area contributed by atoms with Crippen LogP contribution in [0.15, 0.2) is 46.0 Å². The minimum atomic E-state index is -3.70. The fourth-order valence-corrected chi connectivity index (χ4v) is 8.30. The third-order valence-electron chi connectivity index (χ3n) is 6.29. The van der Waals surface area contributed by atoms with Crippen molar-refractivity contribution in [3.63, 3.8) is 0 Å². The highest BCUT2D eigenvalue weighted by atomic mass is 32.2. The van der Waals surface area contributed by atoms with E-state index in [4.69, 9.17) is 9.72 Å². The number of thiophene rings is 1. The molecule has 1 atom stereocenters. The number of rotatable bonds is 8. The molecule has 0 saturated carbocycles. The molecule has 0 bridgehead atoms. The molecule has 11 heteroatoms. The molecule has 0 N–H and O–H groups in total. The Balaban J connectivity index is 1.39. The molecule has 2 fully saturated rings. The van der Waals surface area contributed by atoms with Gasteiger partial charge < -0.3 is 4.74 Å². The van der Waals surface area contributed by atoms with Gasteiger partial charge in [0.15, 0.2) is 5.13 Å². The van der Waals surface area contributed by atoms with Gasteiger partial charge in [-0.2, -0.15) is 4.31 Å². The molecule has 182 valence electrons. The summed E-state index contributed by atoms with van der Waals surface area (Å²) >= 11 is 2.67. The lowest BCUT2D eigenvalue weighted by Gasteiger charge is -2.30. The average Bonchev–Trinajstić information content (AvgIpc) is 3.62. The minimum absolute atomic E-state index is 0.182. The van der Waals surface area contributed by atoms with E-state index in [9.17, 15) is 13.2 Å². The molecule has 0 aliphatic carbocycles. The van der Waals surface area contributed by atoms with Crippen molar-refractivity contribution in [2.75, 3.05) is 50.8 Å². The van der Waals surface area contributed by atoms with Gasteiger partial charge in [-0.1, -0.05) is 29.5 Å². The smallest absolute Gasteiger partial charge is 0.253 e. The number of para-hydroxylation sites is 1. The zero-order valence-corrected chi connectivity index (χ0v) is 21.3. The summed E-state index contributed by atoms with van der Waals surface area (Å²) in [5.74, 6) is -0.182. The highest BCUT2D eigenvalue weighted by Gasteiger charge is 2.42. The summed E-state index contributed by atoms with van der Waals surface area (Å²) in [6, 6.07) is 10.5. The van der Waals surface area contributed by atoms with Gasteiger partial charge in [0.1, 0.15) is 10.3 Å². The van der Waals surface area contributed by atoms with Crippen LogP contribution in [0.25, 0.3) is 10.2 Å². The van der Waals surface area contributed by atoms with Crippen molar-refractivity contribution in [3.05, 3.63) is 41.8 Å². The second kappa shape index (κ2) is 10.4. The number of hydrogen-bond acceptors (Lipinski definition) is 8. The summed E-state index contributed by atoms with van der Waals surface area (Å²) in [7, 11) is -3.70. The van der Waals surface area contributed by atoms with Crippen molar-refractivity contribution >= 4 is 54.0 Å². The van der Waals surface area contributed by atoms with E-state index >= 15 is 0 Å². The Morgan fingerprint density at radius 3 is 2.74 bits per heavy atom. The Labute approximate surface area is 207 Å². The lowest BCUT2D eigenvalue weighted by Crippen LogP contribution is -2.48. The number of carbonyl (C=O) groups is 1. The Hall–Kier alpha value is -1.89. The van der Waals surface area contributed by atoms with Crippen molar-refractivity contribution in [3.8, 4) is 0 Å². The largest absolute Gasteiger partial charge is 0.379 e. The molecular weight excluding hydrogens is 492 g/mol.